The molecule has 0 atom stereocenters. The number of nitrogens with two attached hydrogens (primary N) is 1. The second kappa shape index (κ2) is 3.76. The molecule has 0 saturated carbocycles. The van der Waals surface area contributed by atoms with Gasteiger partial charge in [0.15, 0.2) is 0 Å². The zero-order chi connectivity index (χ0) is 9.97. The van der Waals surface area contributed by atoms with Gasteiger partial charge in [-0.3, -0.25) is 4.98 Å². The Balaban J connectivity index is 2.60. The molecule has 14 heavy (non-hydrogen) atoms. The van der Waals surface area contributed by atoms with E-state index in [4.69, 9.17) is 5.73 Å². The molecule has 2 aromatic rings. The van der Waals surface area contributed by atoms with Gasteiger partial charge < -0.3 is 5.73 Å². The van der Waals surface area contributed by atoms with Crippen molar-refractivity contribution in [2.75, 3.05) is 6.54 Å². The summed E-state index contributed by atoms with van der Waals surface area (Å²) in [5.41, 5.74) is 8.94. The van der Waals surface area contributed by atoms with Crippen LogP contribution < -0.4 is 5.73 Å². The first-order chi connectivity index (χ1) is 6.81. The monoisotopic (exact) mass is 186 g/mol. The van der Waals surface area contributed by atoms with Crippen molar-refractivity contribution >= 4 is 10.9 Å². The molecule has 1 heterocycles. The molecule has 0 aliphatic rings. The zero-order valence-corrected chi connectivity index (χ0v) is 8.33. The van der Waals surface area contributed by atoms with E-state index in [0.29, 0.717) is 6.54 Å². The first-order valence-electron chi connectivity index (χ1n) is 4.86. The zero-order valence-electron chi connectivity index (χ0n) is 8.33. The van der Waals surface area contributed by atoms with Gasteiger partial charge in [0, 0.05) is 17.5 Å². The summed E-state index contributed by atoms with van der Waals surface area (Å²) in [5, 5.41) is 1.23. The lowest BCUT2D eigenvalue weighted by molar-refractivity contribution is 0.930. The van der Waals surface area contributed by atoms with Crippen LogP contribution in [0.25, 0.3) is 10.9 Å². The smallest absolute Gasteiger partial charge is 0.0707 e. The van der Waals surface area contributed by atoms with Gasteiger partial charge in [-0.1, -0.05) is 18.2 Å². The third-order valence-electron chi connectivity index (χ3n) is 2.38. The topological polar surface area (TPSA) is 38.9 Å². The third-order valence-corrected chi connectivity index (χ3v) is 2.38. The highest BCUT2D eigenvalue weighted by atomic mass is 14.7. The molecule has 2 rings (SSSR count). The summed E-state index contributed by atoms with van der Waals surface area (Å²) < 4.78 is 0. The average molecular weight is 186 g/mol. The van der Waals surface area contributed by atoms with E-state index in [1.54, 1.807) is 0 Å². The largest absolute Gasteiger partial charge is 0.330 e. The molecule has 2 nitrogen and oxygen atoms in total. The number of rotatable bonds is 2. The molecular formula is C12H14N2. The van der Waals surface area contributed by atoms with Crippen LogP contribution in [-0.4, -0.2) is 11.5 Å². The molecule has 0 aliphatic carbocycles. The second-order valence-corrected chi connectivity index (χ2v) is 3.49. The van der Waals surface area contributed by atoms with Gasteiger partial charge in [-0.15, -0.1) is 0 Å². The maximum absolute atomic E-state index is 5.51. The minimum Gasteiger partial charge on any atom is -0.330 e. The Labute approximate surface area is 83.8 Å². The minimum atomic E-state index is 0.658. The first-order valence-corrected chi connectivity index (χ1v) is 4.86. The van der Waals surface area contributed by atoms with E-state index in [9.17, 15) is 0 Å². The number of pyridine rings is 1. The van der Waals surface area contributed by atoms with Crippen LogP contribution in [0.3, 0.4) is 0 Å². The summed E-state index contributed by atoms with van der Waals surface area (Å²) in [6.45, 7) is 2.77. The van der Waals surface area contributed by atoms with Crippen LogP contribution in [0.1, 0.15) is 11.3 Å². The Morgan fingerprint density at radius 3 is 2.86 bits per heavy atom. The van der Waals surface area contributed by atoms with Gasteiger partial charge in [-0.25, -0.2) is 0 Å². The molecule has 0 radical (unpaired) electrons. The van der Waals surface area contributed by atoms with Crippen molar-refractivity contribution in [3.8, 4) is 0 Å². The molecule has 0 aliphatic heterocycles. The standard InChI is InChI=1S/C12H14N2/c1-9-8-10(6-7-13)14-12-5-3-2-4-11(9)12/h2-5,8H,6-7,13H2,1H3. The van der Waals surface area contributed by atoms with Crippen molar-refractivity contribution < 1.29 is 0 Å². The number of aromatic nitrogens is 1. The quantitative estimate of drug-likeness (QED) is 0.779. The normalized spacial score (nSPS) is 10.7. The Hall–Kier alpha value is -1.41. The Morgan fingerprint density at radius 1 is 1.29 bits per heavy atom. The van der Waals surface area contributed by atoms with Crippen LogP contribution in [0.5, 0.6) is 0 Å². The second-order valence-electron chi connectivity index (χ2n) is 3.49. The van der Waals surface area contributed by atoms with E-state index in [1.165, 1.54) is 10.9 Å². The summed E-state index contributed by atoms with van der Waals surface area (Å²) in [6, 6.07) is 10.3. The molecule has 72 valence electrons. The lowest BCUT2D eigenvalue weighted by Crippen LogP contribution is -2.04. The van der Waals surface area contributed by atoms with Crippen LogP contribution >= 0.6 is 0 Å². The maximum Gasteiger partial charge on any atom is 0.0707 e. The van der Waals surface area contributed by atoms with E-state index in [1.807, 2.05) is 18.2 Å². The van der Waals surface area contributed by atoms with Crippen LogP contribution in [0.2, 0.25) is 0 Å². The number of benzene rings is 1. The molecule has 0 bridgehead atoms. The number of hydrogen-bond donors (Lipinski definition) is 1. The fourth-order valence-electron chi connectivity index (χ4n) is 1.70. The Kier molecular flexibility index (Phi) is 2.46. The average Bonchev–Trinajstić information content (AvgIpc) is 2.18. The summed E-state index contributed by atoms with van der Waals surface area (Å²) in [7, 11) is 0. The fourth-order valence-corrected chi connectivity index (χ4v) is 1.70. The van der Waals surface area contributed by atoms with E-state index in [0.717, 1.165) is 17.6 Å². The van der Waals surface area contributed by atoms with Crippen molar-refractivity contribution in [2.45, 2.75) is 13.3 Å². The molecule has 0 unspecified atom stereocenters. The van der Waals surface area contributed by atoms with Crippen molar-refractivity contribution in [2.24, 2.45) is 5.73 Å². The van der Waals surface area contributed by atoms with E-state index in [2.05, 4.69) is 24.0 Å². The lowest BCUT2D eigenvalue weighted by atomic mass is 10.1. The third kappa shape index (κ3) is 1.61. The molecule has 0 saturated heterocycles. The van der Waals surface area contributed by atoms with E-state index >= 15 is 0 Å². The highest BCUT2D eigenvalue weighted by Crippen LogP contribution is 2.17. The summed E-state index contributed by atoms with van der Waals surface area (Å²) >= 11 is 0. The van der Waals surface area contributed by atoms with Crippen LogP contribution in [-0.2, 0) is 6.42 Å². The van der Waals surface area contributed by atoms with Gasteiger partial charge in [0.25, 0.3) is 0 Å². The molecule has 0 spiro atoms. The number of nitrogens with zero attached hydrogens (tertiary/aromatic N) is 1. The minimum absolute atomic E-state index is 0.658. The van der Waals surface area contributed by atoms with Crippen molar-refractivity contribution in [1.29, 1.82) is 0 Å². The molecule has 0 amide bonds. The SMILES string of the molecule is Cc1cc(CCN)nc2ccccc12. The fraction of sp³-hybridized carbons (Fsp3) is 0.250. The van der Waals surface area contributed by atoms with Crippen LogP contribution in [0, 0.1) is 6.92 Å². The number of aryl methyl sites for hydroxylation is 1. The maximum atomic E-state index is 5.51. The van der Waals surface area contributed by atoms with E-state index in [-0.39, 0.29) is 0 Å². The summed E-state index contributed by atoms with van der Waals surface area (Å²) in [6.07, 6.45) is 0.853. The van der Waals surface area contributed by atoms with Gasteiger partial charge in [-0.05, 0) is 31.2 Å². The first kappa shape index (κ1) is 9.16. The van der Waals surface area contributed by atoms with E-state index < -0.39 is 0 Å². The summed E-state index contributed by atoms with van der Waals surface area (Å²) in [5.74, 6) is 0. The number of para-hydroxylation sites is 1. The molecule has 2 N–H and O–H groups in total. The molecule has 1 aromatic carbocycles. The van der Waals surface area contributed by atoms with Crippen LogP contribution in [0.15, 0.2) is 30.3 Å². The highest BCUT2D eigenvalue weighted by molar-refractivity contribution is 5.81. The van der Waals surface area contributed by atoms with Crippen LogP contribution in [0.4, 0.5) is 0 Å². The predicted molar refractivity (Wildman–Crippen MR) is 59.2 cm³/mol. The Morgan fingerprint density at radius 2 is 2.07 bits per heavy atom. The Bertz CT molecular complexity index is 449. The molecule has 0 fully saturated rings. The van der Waals surface area contributed by atoms with Gasteiger partial charge in [0.2, 0.25) is 0 Å². The van der Waals surface area contributed by atoms with Gasteiger partial charge in [0.1, 0.15) is 0 Å². The van der Waals surface area contributed by atoms with Gasteiger partial charge in [-0.2, -0.15) is 0 Å². The van der Waals surface area contributed by atoms with Crippen molar-refractivity contribution in [3.05, 3.63) is 41.6 Å². The number of fused-ring (bicyclic) bond motifs is 1. The highest BCUT2D eigenvalue weighted by Gasteiger charge is 2.00. The molecular weight excluding hydrogens is 172 g/mol. The van der Waals surface area contributed by atoms with Crippen molar-refractivity contribution in [3.63, 3.8) is 0 Å². The van der Waals surface area contributed by atoms with Gasteiger partial charge >= 0.3 is 0 Å². The molecule has 1 aromatic heterocycles. The molecule has 2 heteroatoms. The number of hydrogen-bond acceptors (Lipinski definition) is 2. The predicted octanol–water partition coefficient (Wildman–Crippen LogP) is 2.04. The summed E-state index contributed by atoms with van der Waals surface area (Å²) in [4.78, 5) is 4.55. The van der Waals surface area contributed by atoms with Crippen molar-refractivity contribution in [1.82, 2.24) is 4.98 Å². The van der Waals surface area contributed by atoms with Gasteiger partial charge in [0.05, 0.1) is 5.52 Å². The lowest BCUT2D eigenvalue weighted by Gasteiger charge is -2.04.